The number of rotatable bonds is 3. The number of halogens is 1. The number of hydrogen-bond donors (Lipinski definition) is 0. The molecule has 5 rings (SSSR count). The fourth-order valence-corrected chi connectivity index (χ4v) is 5.53. The fourth-order valence-electron chi connectivity index (χ4n) is 5.06. The van der Waals surface area contributed by atoms with Gasteiger partial charge in [-0.1, -0.05) is 48.5 Å². The maximum absolute atomic E-state index is 13.4. The lowest BCUT2D eigenvalue weighted by Gasteiger charge is -2.28. The minimum absolute atomic E-state index is 0.0547. The van der Waals surface area contributed by atoms with Gasteiger partial charge in [0.1, 0.15) is 6.04 Å². The summed E-state index contributed by atoms with van der Waals surface area (Å²) in [7, 11) is 0. The number of anilines is 1. The average Bonchev–Trinajstić information content (AvgIpc) is 3.32. The van der Waals surface area contributed by atoms with Crippen molar-refractivity contribution in [1.29, 1.82) is 0 Å². The molecule has 3 nitrogen and oxygen atoms in total. The van der Waals surface area contributed by atoms with Crippen molar-refractivity contribution in [2.45, 2.75) is 30.4 Å². The largest absolute Gasteiger partial charge is 0.292 e. The monoisotopic (exact) mass is 353 g/mol. The van der Waals surface area contributed by atoms with E-state index in [0.717, 1.165) is 24.1 Å². The van der Waals surface area contributed by atoms with Crippen LogP contribution in [-0.4, -0.2) is 23.3 Å². The topological polar surface area (TPSA) is 29.5 Å². The Hall–Kier alpha value is -1.84. The summed E-state index contributed by atoms with van der Waals surface area (Å²) in [5.74, 6) is 1.21. The molecule has 0 aromatic heterocycles. The number of hydrogen-bond acceptors (Lipinski definition) is 3. The zero-order chi connectivity index (χ0) is 17.0. The molecule has 0 amide bonds. The normalized spacial score (nSPS) is 35.8. The van der Waals surface area contributed by atoms with Gasteiger partial charge in [0.15, 0.2) is 5.78 Å². The third-order valence-corrected chi connectivity index (χ3v) is 6.61. The Morgan fingerprint density at radius 2 is 1.68 bits per heavy atom. The van der Waals surface area contributed by atoms with Crippen LogP contribution in [0.1, 0.15) is 23.2 Å². The second-order valence-electron chi connectivity index (χ2n) is 7.40. The van der Waals surface area contributed by atoms with Crippen molar-refractivity contribution in [1.82, 2.24) is 0 Å². The first-order chi connectivity index (χ1) is 12.2. The molecule has 2 bridgehead atoms. The van der Waals surface area contributed by atoms with Gasteiger partial charge >= 0.3 is 0 Å². The van der Waals surface area contributed by atoms with Gasteiger partial charge in [-0.3, -0.25) is 9.63 Å². The molecule has 2 aromatic rings. The van der Waals surface area contributed by atoms with Gasteiger partial charge in [0.25, 0.3) is 0 Å². The van der Waals surface area contributed by atoms with Crippen LogP contribution >= 0.6 is 11.6 Å². The Morgan fingerprint density at radius 3 is 2.40 bits per heavy atom. The van der Waals surface area contributed by atoms with Gasteiger partial charge in [0, 0.05) is 22.8 Å². The SMILES string of the molecule is O=C(c1ccccc1)[C@@H]1[C@@H]2[C@@H]3C[C@@H]([C@@H]2ON1c1ccccc1)[C@H](Cl)C3. The minimum atomic E-state index is -0.269. The molecule has 25 heavy (non-hydrogen) atoms. The second kappa shape index (κ2) is 5.86. The molecule has 0 radical (unpaired) electrons. The summed E-state index contributed by atoms with van der Waals surface area (Å²) in [6.45, 7) is 0. The number of ketones is 1. The number of para-hydroxylation sites is 1. The highest BCUT2D eigenvalue weighted by Crippen LogP contribution is 2.57. The van der Waals surface area contributed by atoms with Crippen LogP contribution in [0.3, 0.4) is 0 Å². The van der Waals surface area contributed by atoms with Crippen LogP contribution in [0.15, 0.2) is 60.7 Å². The maximum atomic E-state index is 13.4. The first kappa shape index (κ1) is 15.4. The van der Waals surface area contributed by atoms with Gasteiger partial charge < -0.3 is 0 Å². The molecule has 1 heterocycles. The van der Waals surface area contributed by atoms with Gasteiger partial charge in [0.05, 0.1) is 11.8 Å². The van der Waals surface area contributed by atoms with Crippen molar-refractivity contribution < 1.29 is 9.63 Å². The molecule has 6 atom stereocenters. The Labute approximate surface area is 152 Å². The molecule has 128 valence electrons. The van der Waals surface area contributed by atoms with Gasteiger partial charge in [-0.15, -0.1) is 11.6 Å². The van der Waals surface area contributed by atoms with Gasteiger partial charge in [-0.25, -0.2) is 5.06 Å². The number of Topliss-reactive ketones (excluding diaryl/α,β-unsaturated/α-hetero) is 1. The number of benzene rings is 2. The highest BCUT2D eigenvalue weighted by Gasteiger charge is 2.62. The minimum Gasteiger partial charge on any atom is -0.292 e. The van der Waals surface area contributed by atoms with E-state index < -0.39 is 0 Å². The van der Waals surface area contributed by atoms with E-state index in [2.05, 4.69) is 0 Å². The first-order valence-electron chi connectivity index (χ1n) is 8.98. The van der Waals surface area contributed by atoms with Crippen LogP contribution in [0.4, 0.5) is 5.69 Å². The standard InChI is InChI=1S/C21H20ClNO2/c22-17-12-14-11-16(17)21-18(14)19(20(24)13-7-3-1-4-8-13)23(25-21)15-9-5-2-6-10-15/h1-10,14,16-19,21H,11-12H2/t14-,16-,17-,18+,19+,21+/m1/s1. The number of alkyl halides is 1. The molecule has 0 spiro atoms. The van der Waals surface area contributed by atoms with E-state index in [-0.39, 0.29) is 29.2 Å². The van der Waals surface area contributed by atoms with E-state index >= 15 is 0 Å². The Bertz CT molecular complexity index is 781. The first-order valence-corrected chi connectivity index (χ1v) is 9.42. The number of carbonyl (C=O) groups is 1. The third-order valence-electron chi connectivity index (χ3n) is 6.10. The smallest absolute Gasteiger partial charge is 0.188 e. The summed E-state index contributed by atoms with van der Waals surface area (Å²) in [4.78, 5) is 19.7. The molecule has 1 saturated heterocycles. The predicted octanol–water partition coefficient (Wildman–Crippen LogP) is 4.32. The lowest BCUT2D eigenvalue weighted by molar-refractivity contribution is 0.0371. The summed E-state index contributed by atoms with van der Waals surface area (Å²) in [6, 6.07) is 19.3. The highest BCUT2D eigenvalue weighted by molar-refractivity contribution is 6.21. The third kappa shape index (κ3) is 2.33. The van der Waals surface area contributed by atoms with Crippen molar-refractivity contribution in [2.24, 2.45) is 17.8 Å². The second-order valence-corrected chi connectivity index (χ2v) is 7.96. The molecule has 3 fully saturated rings. The number of hydroxylamine groups is 1. The van der Waals surface area contributed by atoms with Crippen LogP contribution in [0.2, 0.25) is 0 Å². The molecular formula is C21H20ClNO2. The molecule has 3 aliphatic rings. The van der Waals surface area contributed by atoms with Gasteiger partial charge in [0.2, 0.25) is 0 Å². The summed E-state index contributed by atoms with van der Waals surface area (Å²) in [5.41, 5.74) is 1.69. The molecule has 4 heteroatoms. The van der Waals surface area contributed by atoms with E-state index in [1.807, 2.05) is 65.7 Å². The molecule has 2 aliphatic carbocycles. The van der Waals surface area contributed by atoms with Crippen molar-refractivity contribution in [3.63, 3.8) is 0 Å². The number of fused-ring (bicyclic) bond motifs is 5. The number of nitrogens with zero attached hydrogens (tertiary/aromatic N) is 1. The van der Waals surface area contributed by atoms with Crippen LogP contribution < -0.4 is 5.06 Å². The molecule has 0 unspecified atom stereocenters. The quantitative estimate of drug-likeness (QED) is 0.608. The van der Waals surface area contributed by atoms with Crippen molar-refractivity contribution in [3.8, 4) is 0 Å². The lowest BCUT2D eigenvalue weighted by atomic mass is 9.79. The Kier molecular flexibility index (Phi) is 3.61. The van der Waals surface area contributed by atoms with E-state index in [1.165, 1.54) is 0 Å². The fraction of sp³-hybridized carbons (Fsp3) is 0.381. The number of carbonyl (C=O) groups excluding carboxylic acids is 1. The van der Waals surface area contributed by atoms with E-state index in [1.54, 1.807) is 0 Å². The highest BCUT2D eigenvalue weighted by atomic mass is 35.5. The zero-order valence-corrected chi connectivity index (χ0v) is 14.5. The van der Waals surface area contributed by atoms with E-state index in [0.29, 0.717) is 11.8 Å². The van der Waals surface area contributed by atoms with Crippen molar-refractivity contribution >= 4 is 23.1 Å². The van der Waals surface area contributed by atoms with Crippen LogP contribution in [0.5, 0.6) is 0 Å². The van der Waals surface area contributed by atoms with E-state index in [9.17, 15) is 4.79 Å². The Morgan fingerprint density at radius 1 is 1.00 bits per heavy atom. The molecular weight excluding hydrogens is 334 g/mol. The maximum Gasteiger partial charge on any atom is 0.188 e. The summed E-state index contributed by atoms with van der Waals surface area (Å²) < 4.78 is 0. The van der Waals surface area contributed by atoms with Crippen molar-refractivity contribution in [2.75, 3.05) is 5.06 Å². The average molecular weight is 354 g/mol. The van der Waals surface area contributed by atoms with Crippen LogP contribution in [-0.2, 0) is 4.84 Å². The van der Waals surface area contributed by atoms with Gasteiger partial charge in [-0.05, 0) is 30.9 Å². The zero-order valence-electron chi connectivity index (χ0n) is 13.8. The van der Waals surface area contributed by atoms with Crippen LogP contribution in [0, 0.1) is 17.8 Å². The molecule has 0 N–H and O–H groups in total. The lowest BCUT2D eigenvalue weighted by Crippen LogP contribution is -2.42. The summed E-state index contributed by atoms with van der Waals surface area (Å²) in [6.07, 6.45) is 2.14. The summed E-state index contributed by atoms with van der Waals surface area (Å²) in [5, 5.41) is 2.04. The predicted molar refractivity (Wildman–Crippen MR) is 97.7 cm³/mol. The molecule has 2 saturated carbocycles. The van der Waals surface area contributed by atoms with E-state index in [4.69, 9.17) is 16.4 Å². The van der Waals surface area contributed by atoms with Gasteiger partial charge in [-0.2, -0.15) is 0 Å². The summed E-state index contributed by atoms with van der Waals surface area (Å²) >= 11 is 6.53. The molecule has 1 aliphatic heterocycles. The van der Waals surface area contributed by atoms with Crippen LogP contribution in [0.25, 0.3) is 0 Å². The van der Waals surface area contributed by atoms with Crippen molar-refractivity contribution in [3.05, 3.63) is 66.2 Å². The molecule has 2 aromatic carbocycles. The Balaban J connectivity index is 1.56.